The monoisotopic (exact) mass is 246 g/mol. The van der Waals surface area contributed by atoms with E-state index in [0.29, 0.717) is 0 Å². The van der Waals surface area contributed by atoms with Gasteiger partial charge in [0.2, 0.25) is 0 Å². The van der Waals surface area contributed by atoms with E-state index in [1.807, 2.05) is 0 Å². The van der Waals surface area contributed by atoms with Crippen molar-refractivity contribution in [3.8, 4) is 0 Å². The Morgan fingerprint density at radius 1 is 1.17 bits per heavy atom. The number of carbonyl (C=O) groups excluding carboxylic acids is 1. The molecule has 1 atom stereocenters. The second-order valence-electron chi connectivity index (χ2n) is 6.45. The molecule has 0 amide bonds. The summed E-state index contributed by atoms with van der Waals surface area (Å²) >= 11 is 0. The van der Waals surface area contributed by atoms with Crippen molar-refractivity contribution in [1.29, 1.82) is 0 Å². The first-order valence-corrected chi connectivity index (χ1v) is 6.52. The van der Waals surface area contributed by atoms with Crippen molar-refractivity contribution >= 4 is 5.97 Å². The highest BCUT2D eigenvalue weighted by Crippen LogP contribution is 2.46. The fraction of sp³-hybridized carbons (Fsp3) is 0.562. The summed E-state index contributed by atoms with van der Waals surface area (Å²) in [5.74, 6) is -0.191. The van der Waals surface area contributed by atoms with E-state index in [0.717, 1.165) is 6.42 Å². The lowest BCUT2D eigenvalue weighted by Gasteiger charge is -2.46. The lowest BCUT2D eigenvalue weighted by atomic mass is 9.61. The normalized spacial score (nSPS) is 24.2. The van der Waals surface area contributed by atoms with Gasteiger partial charge in [0.15, 0.2) is 0 Å². The summed E-state index contributed by atoms with van der Waals surface area (Å²) in [7, 11) is 0. The maximum Gasteiger partial charge on any atom is 0.302 e. The van der Waals surface area contributed by atoms with E-state index >= 15 is 0 Å². The van der Waals surface area contributed by atoms with Crippen molar-refractivity contribution in [2.75, 3.05) is 0 Å². The van der Waals surface area contributed by atoms with Crippen LogP contribution in [-0.2, 0) is 20.4 Å². The van der Waals surface area contributed by atoms with Crippen LogP contribution in [0, 0.1) is 0 Å². The first-order valence-electron chi connectivity index (χ1n) is 6.52. The Morgan fingerprint density at radius 3 is 2.28 bits per heavy atom. The lowest BCUT2D eigenvalue weighted by molar-refractivity contribution is -0.151. The average molecular weight is 246 g/mol. The molecule has 1 aromatic rings. The smallest absolute Gasteiger partial charge is 0.302 e. The van der Waals surface area contributed by atoms with Gasteiger partial charge < -0.3 is 4.74 Å². The van der Waals surface area contributed by atoms with Crippen molar-refractivity contribution in [2.24, 2.45) is 0 Å². The van der Waals surface area contributed by atoms with Crippen LogP contribution in [0.1, 0.15) is 52.2 Å². The highest BCUT2D eigenvalue weighted by atomic mass is 16.5. The summed E-state index contributed by atoms with van der Waals surface area (Å²) in [4.78, 5) is 11.3. The first kappa shape index (κ1) is 13.1. The lowest BCUT2D eigenvalue weighted by Crippen LogP contribution is -2.47. The summed E-state index contributed by atoms with van der Waals surface area (Å²) < 4.78 is 5.56. The van der Waals surface area contributed by atoms with Gasteiger partial charge in [-0.25, -0.2) is 0 Å². The number of fused-ring (bicyclic) bond motifs is 1. The Balaban J connectivity index is 2.52. The molecule has 0 bridgehead atoms. The van der Waals surface area contributed by atoms with Crippen molar-refractivity contribution in [1.82, 2.24) is 0 Å². The molecular weight excluding hydrogens is 224 g/mol. The molecule has 0 radical (unpaired) electrons. The van der Waals surface area contributed by atoms with E-state index in [-0.39, 0.29) is 22.9 Å². The molecule has 0 aliphatic heterocycles. The molecule has 1 aromatic carbocycles. The first-order chi connectivity index (χ1) is 8.25. The van der Waals surface area contributed by atoms with Crippen LogP contribution in [0.3, 0.4) is 0 Å². The molecule has 0 spiro atoms. The number of hydrogen-bond acceptors (Lipinski definition) is 2. The topological polar surface area (TPSA) is 26.3 Å². The number of benzene rings is 1. The molecule has 0 saturated carbocycles. The number of esters is 1. The van der Waals surface area contributed by atoms with E-state index < -0.39 is 0 Å². The predicted octanol–water partition coefficient (Wildman–Crippen LogP) is 3.58. The Morgan fingerprint density at radius 2 is 1.72 bits per heavy atom. The summed E-state index contributed by atoms with van der Waals surface area (Å²) in [6.45, 7) is 10.3. The quantitative estimate of drug-likeness (QED) is 0.708. The van der Waals surface area contributed by atoms with Gasteiger partial charge in [-0.05, 0) is 23.0 Å². The van der Waals surface area contributed by atoms with Gasteiger partial charge in [0.1, 0.15) is 6.10 Å². The van der Waals surface area contributed by atoms with Crippen LogP contribution in [0.4, 0.5) is 0 Å². The number of hydrogen-bond donors (Lipinski definition) is 0. The molecule has 0 aromatic heterocycles. The minimum atomic E-state index is -0.191. The highest BCUT2D eigenvalue weighted by molar-refractivity contribution is 5.66. The van der Waals surface area contributed by atoms with Crippen molar-refractivity contribution in [2.45, 2.75) is 58.0 Å². The fourth-order valence-electron chi connectivity index (χ4n) is 3.03. The Labute approximate surface area is 109 Å². The third-order valence-electron chi connectivity index (χ3n) is 4.16. The molecule has 1 aliphatic carbocycles. The zero-order valence-corrected chi connectivity index (χ0v) is 11.9. The minimum absolute atomic E-state index is 0.0478. The van der Waals surface area contributed by atoms with Crippen molar-refractivity contribution in [3.05, 3.63) is 35.4 Å². The molecule has 0 N–H and O–H groups in total. The van der Waals surface area contributed by atoms with Crippen LogP contribution in [0.2, 0.25) is 0 Å². The molecule has 0 heterocycles. The van der Waals surface area contributed by atoms with Gasteiger partial charge >= 0.3 is 5.97 Å². The van der Waals surface area contributed by atoms with Crippen LogP contribution in [0.15, 0.2) is 24.3 Å². The SMILES string of the molecule is CC(=O)OC1CC(C)(C)c2ccccc2C1(C)C. The predicted molar refractivity (Wildman–Crippen MR) is 72.7 cm³/mol. The zero-order chi connectivity index (χ0) is 13.6. The van der Waals surface area contributed by atoms with E-state index in [1.54, 1.807) is 0 Å². The fourth-order valence-corrected chi connectivity index (χ4v) is 3.03. The number of rotatable bonds is 1. The van der Waals surface area contributed by atoms with Crippen molar-refractivity contribution in [3.63, 3.8) is 0 Å². The standard InChI is InChI=1S/C16H22O2/c1-11(17)18-14-10-15(2,3)12-8-6-7-9-13(12)16(14,4)5/h6-9,14H,10H2,1-5H3. The summed E-state index contributed by atoms with van der Waals surface area (Å²) in [5.41, 5.74) is 2.59. The minimum Gasteiger partial charge on any atom is -0.462 e. The van der Waals surface area contributed by atoms with Gasteiger partial charge in [-0.3, -0.25) is 4.79 Å². The van der Waals surface area contributed by atoms with E-state index in [1.165, 1.54) is 18.1 Å². The maximum atomic E-state index is 11.3. The second-order valence-corrected chi connectivity index (χ2v) is 6.45. The van der Waals surface area contributed by atoms with E-state index in [9.17, 15) is 4.79 Å². The van der Waals surface area contributed by atoms with E-state index in [4.69, 9.17) is 4.74 Å². The maximum absolute atomic E-state index is 11.3. The van der Waals surface area contributed by atoms with Gasteiger partial charge in [0, 0.05) is 12.3 Å². The van der Waals surface area contributed by atoms with Gasteiger partial charge in [-0.2, -0.15) is 0 Å². The van der Waals surface area contributed by atoms with Gasteiger partial charge in [-0.1, -0.05) is 52.0 Å². The van der Waals surface area contributed by atoms with Crippen LogP contribution in [-0.4, -0.2) is 12.1 Å². The zero-order valence-electron chi connectivity index (χ0n) is 11.9. The Bertz CT molecular complexity index is 472. The van der Waals surface area contributed by atoms with Crippen LogP contribution < -0.4 is 0 Å². The number of ether oxygens (including phenoxy) is 1. The third-order valence-corrected chi connectivity index (χ3v) is 4.16. The molecule has 18 heavy (non-hydrogen) atoms. The molecule has 2 rings (SSSR count). The molecular formula is C16H22O2. The molecule has 2 nitrogen and oxygen atoms in total. The molecule has 2 heteroatoms. The molecule has 1 unspecified atom stereocenters. The second kappa shape index (κ2) is 4.11. The molecule has 0 fully saturated rings. The molecule has 0 saturated heterocycles. The van der Waals surface area contributed by atoms with Gasteiger partial charge in [0.25, 0.3) is 0 Å². The largest absolute Gasteiger partial charge is 0.462 e. The summed E-state index contributed by atoms with van der Waals surface area (Å²) in [6, 6.07) is 8.50. The summed E-state index contributed by atoms with van der Waals surface area (Å²) in [5, 5.41) is 0. The van der Waals surface area contributed by atoms with Gasteiger partial charge in [0.05, 0.1) is 0 Å². The summed E-state index contributed by atoms with van der Waals surface area (Å²) in [6.07, 6.45) is 0.816. The molecule has 98 valence electrons. The van der Waals surface area contributed by atoms with Gasteiger partial charge in [-0.15, -0.1) is 0 Å². The third kappa shape index (κ3) is 2.05. The van der Waals surface area contributed by atoms with Crippen molar-refractivity contribution < 1.29 is 9.53 Å². The Kier molecular flexibility index (Phi) is 3.00. The van der Waals surface area contributed by atoms with E-state index in [2.05, 4.69) is 52.0 Å². The highest BCUT2D eigenvalue weighted by Gasteiger charge is 2.45. The average Bonchev–Trinajstić information content (AvgIpc) is 2.26. The molecule has 1 aliphatic rings. The number of carbonyl (C=O) groups is 1. The van der Waals surface area contributed by atoms with Crippen LogP contribution in [0.5, 0.6) is 0 Å². The Hall–Kier alpha value is -1.31. The van der Waals surface area contributed by atoms with Crippen LogP contribution >= 0.6 is 0 Å². The van der Waals surface area contributed by atoms with Crippen LogP contribution in [0.25, 0.3) is 0 Å².